The lowest BCUT2D eigenvalue weighted by Gasteiger charge is -2.42. The van der Waals surface area contributed by atoms with Crippen molar-refractivity contribution in [3.8, 4) is 6.07 Å². The van der Waals surface area contributed by atoms with Crippen LogP contribution in [-0.2, 0) is 24.1 Å². The SMILES string of the molecule is CC(=O)C1=C(C)N(c2cccc(C(F)(F)F)c2)C(=O)N(C)C1c1ccc(C#N)cc1C(=O)N1CCn2ncnc2C1. The molecule has 13 heteroatoms. The summed E-state index contributed by atoms with van der Waals surface area (Å²) in [5.41, 5.74) is -0.0916. The molecule has 41 heavy (non-hydrogen) atoms. The van der Waals surface area contributed by atoms with Crippen molar-refractivity contribution >= 4 is 23.4 Å². The summed E-state index contributed by atoms with van der Waals surface area (Å²) in [6.07, 6.45) is -3.24. The Hall–Kier alpha value is -4.99. The number of hydrogen-bond donors (Lipinski definition) is 0. The highest BCUT2D eigenvalue weighted by molar-refractivity contribution is 6.06. The number of nitriles is 1. The van der Waals surface area contributed by atoms with Gasteiger partial charge in [-0.2, -0.15) is 23.5 Å². The van der Waals surface area contributed by atoms with Crippen molar-refractivity contribution in [2.45, 2.75) is 39.2 Å². The molecule has 210 valence electrons. The zero-order valence-corrected chi connectivity index (χ0v) is 22.3. The number of aromatic nitrogens is 3. The molecule has 5 rings (SSSR count). The molecule has 2 aliphatic rings. The second-order valence-electron chi connectivity index (χ2n) is 9.77. The van der Waals surface area contributed by atoms with E-state index >= 15 is 0 Å². The maximum atomic E-state index is 13.9. The van der Waals surface area contributed by atoms with E-state index in [1.807, 2.05) is 6.07 Å². The normalized spacial score (nSPS) is 17.4. The van der Waals surface area contributed by atoms with Gasteiger partial charge in [0.05, 0.1) is 42.0 Å². The average Bonchev–Trinajstić information content (AvgIpc) is 3.42. The average molecular weight is 564 g/mol. The molecule has 0 N–H and O–H groups in total. The number of likely N-dealkylation sites (N-methyl/N-ethyl adjacent to an activating group) is 1. The molecular formula is C28H24F3N7O3. The van der Waals surface area contributed by atoms with Crippen LogP contribution >= 0.6 is 0 Å². The molecule has 3 aromatic rings. The smallest absolute Gasteiger partial charge is 0.329 e. The van der Waals surface area contributed by atoms with E-state index in [1.165, 1.54) is 62.5 Å². The van der Waals surface area contributed by atoms with Crippen LogP contribution in [0.2, 0.25) is 0 Å². The van der Waals surface area contributed by atoms with Crippen LogP contribution in [0.1, 0.15) is 52.8 Å². The Balaban J connectivity index is 1.63. The number of hydrogen-bond acceptors (Lipinski definition) is 6. The number of carbonyl (C=O) groups excluding carboxylic acids is 3. The number of halogens is 3. The van der Waals surface area contributed by atoms with Gasteiger partial charge in [0.1, 0.15) is 12.2 Å². The van der Waals surface area contributed by atoms with Crippen LogP contribution in [0.3, 0.4) is 0 Å². The quantitative estimate of drug-likeness (QED) is 0.468. The number of benzene rings is 2. The number of alkyl halides is 3. The number of amides is 3. The van der Waals surface area contributed by atoms with Crippen molar-refractivity contribution < 1.29 is 27.6 Å². The van der Waals surface area contributed by atoms with Crippen LogP contribution in [0, 0.1) is 11.3 Å². The lowest BCUT2D eigenvalue weighted by atomic mass is 9.87. The maximum absolute atomic E-state index is 13.9. The molecule has 0 fully saturated rings. The van der Waals surface area contributed by atoms with E-state index in [4.69, 9.17) is 0 Å². The van der Waals surface area contributed by atoms with Crippen molar-refractivity contribution in [2.24, 2.45) is 0 Å². The lowest BCUT2D eigenvalue weighted by Crippen LogP contribution is -2.49. The van der Waals surface area contributed by atoms with Crippen LogP contribution < -0.4 is 4.90 Å². The first-order valence-electron chi connectivity index (χ1n) is 12.6. The molecule has 0 radical (unpaired) electrons. The summed E-state index contributed by atoms with van der Waals surface area (Å²) in [6, 6.07) is 9.02. The van der Waals surface area contributed by atoms with Crippen LogP contribution in [0.15, 0.2) is 60.1 Å². The van der Waals surface area contributed by atoms with Crippen LogP contribution in [0.5, 0.6) is 0 Å². The molecule has 3 heterocycles. The van der Waals surface area contributed by atoms with Gasteiger partial charge >= 0.3 is 12.2 Å². The maximum Gasteiger partial charge on any atom is 0.416 e. The fourth-order valence-corrected chi connectivity index (χ4v) is 5.32. The Morgan fingerprint density at radius 3 is 2.56 bits per heavy atom. The molecule has 3 amide bonds. The van der Waals surface area contributed by atoms with Crippen LogP contribution in [0.25, 0.3) is 0 Å². The number of nitrogens with zero attached hydrogens (tertiary/aromatic N) is 7. The van der Waals surface area contributed by atoms with Gasteiger partial charge < -0.3 is 9.80 Å². The zero-order chi connectivity index (χ0) is 29.6. The van der Waals surface area contributed by atoms with Gasteiger partial charge in [0.2, 0.25) is 0 Å². The predicted molar refractivity (Wildman–Crippen MR) is 139 cm³/mol. The standard InChI is InChI=1S/C28H24F3N7O3/c1-16-24(17(2)39)25(35(3)27(41)38(16)20-6-4-5-19(12-20)28(29,30)31)21-8-7-18(13-32)11-22(21)26(40)36-9-10-37-23(14-36)33-15-34-37/h4-8,11-12,15,25H,9-10,14H2,1-3H3. The lowest BCUT2D eigenvalue weighted by molar-refractivity contribution is -0.137. The van der Waals surface area contributed by atoms with Gasteiger partial charge in [0.15, 0.2) is 5.78 Å². The molecule has 0 aliphatic carbocycles. The third-order valence-corrected chi connectivity index (χ3v) is 7.29. The third-order valence-electron chi connectivity index (χ3n) is 7.29. The van der Waals surface area contributed by atoms with E-state index in [1.54, 1.807) is 9.58 Å². The second-order valence-corrected chi connectivity index (χ2v) is 9.77. The number of anilines is 1. The number of ketones is 1. The van der Waals surface area contributed by atoms with Gasteiger partial charge in [-0.3, -0.25) is 14.5 Å². The van der Waals surface area contributed by atoms with E-state index in [2.05, 4.69) is 10.1 Å². The van der Waals surface area contributed by atoms with Crippen LogP contribution in [0.4, 0.5) is 23.7 Å². The Morgan fingerprint density at radius 1 is 1.12 bits per heavy atom. The van der Waals surface area contributed by atoms with Gasteiger partial charge in [-0.15, -0.1) is 0 Å². The Kier molecular flexibility index (Phi) is 6.86. The molecule has 1 aromatic heterocycles. The molecular weight excluding hydrogens is 539 g/mol. The molecule has 1 unspecified atom stereocenters. The van der Waals surface area contributed by atoms with Gasteiger partial charge in [-0.1, -0.05) is 12.1 Å². The minimum atomic E-state index is -4.64. The summed E-state index contributed by atoms with van der Waals surface area (Å²) in [5, 5.41) is 13.7. The number of allylic oxidation sites excluding steroid dienone is 1. The highest BCUT2D eigenvalue weighted by atomic mass is 19.4. The largest absolute Gasteiger partial charge is 0.416 e. The minimum Gasteiger partial charge on any atom is -0.329 e. The predicted octanol–water partition coefficient (Wildman–Crippen LogP) is 4.30. The van der Waals surface area contributed by atoms with E-state index in [-0.39, 0.29) is 34.6 Å². The molecule has 10 nitrogen and oxygen atoms in total. The molecule has 2 aliphatic heterocycles. The number of urea groups is 1. The first-order chi connectivity index (χ1) is 19.4. The van der Waals surface area contributed by atoms with Crippen molar-refractivity contribution in [3.63, 3.8) is 0 Å². The van der Waals surface area contributed by atoms with Gasteiger partial charge in [0.25, 0.3) is 5.91 Å². The molecule has 2 aromatic carbocycles. The van der Waals surface area contributed by atoms with E-state index < -0.39 is 35.5 Å². The van der Waals surface area contributed by atoms with Gasteiger partial charge in [-0.25, -0.2) is 14.5 Å². The van der Waals surface area contributed by atoms with Crippen molar-refractivity contribution in [1.29, 1.82) is 5.26 Å². The number of rotatable bonds is 4. The van der Waals surface area contributed by atoms with E-state index in [0.717, 1.165) is 17.0 Å². The zero-order valence-electron chi connectivity index (χ0n) is 22.3. The monoisotopic (exact) mass is 563 g/mol. The van der Waals surface area contributed by atoms with Crippen LogP contribution in [-0.4, -0.2) is 55.9 Å². The Morgan fingerprint density at radius 2 is 1.88 bits per heavy atom. The van der Waals surface area contributed by atoms with Crippen molar-refractivity contribution in [1.82, 2.24) is 24.6 Å². The first-order valence-corrected chi connectivity index (χ1v) is 12.6. The molecule has 0 bridgehead atoms. The summed E-state index contributed by atoms with van der Waals surface area (Å²) in [6.45, 7) is 3.69. The highest BCUT2D eigenvalue weighted by Gasteiger charge is 2.42. The summed E-state index contributed by atoms with van der Waals surface area (Å²) in [5.74, 6) is -0.268. The number of carbonyl (C=O) groups is 3. The minimum absolute atomic E-state index is 0.0556. The molecule has 1 atom stereocenters. The Bertz CT molecular complexity index is 1650. The second kappa shape index (κ2) is 10.2. The summed E-state index contributed by atoms with van der Waals surface area (Å²) in [7, 11) is 1.42. The number of fused-ring (bicyclic) bond motifs is 1. The first kappa shape index (κ1) is 27.6. The molecule has 0 spiro atoms. The molecule has 0 saturated carbocycles. The molecule has 0 saturated heterocycles. The summed E-state index contributed by atoms with van der Waals surface area (Å²) >= 11 is 0. The third kappa shape index (κ3) is 4.82. The fourth-order valence-electron chi connectivity index (χ4n) is 5.32. The van der Waals surface area contributed by atoms with Gasteiger partial charge in [0, 0.05) is 30.4 Å². The van der Waals surface area contributed by atoms with E-state index in [0.29, 0.717) is 24.5 Å². The summed E-state index contributed by atoms with van der Waals surface area (Å²) in [4.78, 5) is 48.7. The highest BCUT2D eigenvalue weighted by Crippen LogP contribution is 2.41. The topological polar surface area (TPSA) is 115 Å². The van der Waals surface area contributed by atoms with Gasteiger partial charge in [-0.05, 0) is 49.7 Å². The van der Waals surface area contributed by atoms with E-state index in [9.17, 15) is 32.8 Å². The Labute approximate surface area is 232 Å². The summed E-state index contributed by atoms with van der Waals surface area (Å²) < 4.78 is 42.0. The van der Waals surface area contributed by atoms with Crippen molar-refractivity contribution in [3.05, 3.63) is 88.1 Å². The number of Topliss-reactive ketones (excluding diaryl/α,β-unsaturated/α-hetero) is 1. The van der Waals surface area contributed by atoms with Crippen molar-refractivity contribution in [2.75, 3.05) is 18.5 Å². The fraction of sp³-hybridized carbons (Fsp3) is 0.286.